The van der Waals surface area contributed by atoms with Gasteiger partial charge in [-0.3, -0.25) is 14.4 Å². The van der Waals surface area contributed by atoms with Gasteiger partial charge in [-0.2, -0.15) is 0 Å². The Morgan fingerprint density at radius 1 is 1.31 bits per heavy atom. The molecule has 150 valence electrons. The lowest BCUT2D eigenvalue weighted by Gasteiger charge is -2.26. The van der Waals surface area contributed by atoms with Crippen LogP contribution in [-0.2, 0) is 28.8 Å². The van der Waals surface area contributed by atoms with E-state index in [0.29, 0.717) is 12.8 Å². The van der Waals surface area contributed by atoms with Gasteiger partial charge in [-0.25, -0.2) is 9.90 Å². The van der Waals surface area contributed by atoms with E-state index in [4.69, 9.17) is 14.7 Å². The standard InChI is InChI=1S/C15H26N2O9/c1-11(2)7-13(8-14(19)20)9-16(10-18)26-12(3)25-15(21)5-4-6-24-17(22)23/h10-13H,4-9H2,1-3H3,(H,19,20)/t12?,13-/m0/s1. The fraction of sp³-hybridized carbons (Fsp3) is 0.800. The topological polar surface area (TPSA) is 146 Å². The number of esters is 1. The highest BCUT2D eigenvalue weighted by Gasteiger charge is 2.21. The number of carboxylic acids is 1. The number of hydroxylamine groups is 2. The molecule has 0 bridgehead atoms. The van der Waals surface area contributed by atoms with Gasteiger partial charge in [-0.15, -0.1) is 10.1 Å². The molecule has 1 unspecified atom stereocenters. The van der Waals surface area contributed by atoms with Crippen LogP contribution in [0.1, 0.15) is 46.5 Å². The largest absolute Gasteiger partial charge is 0.481 e. The zero-order valence-corrected chi connectivity index (χ0v) is 15.2. The maximum Gasteiger partial charge on any atom is 0.308 e. The SMILES string of the molecule is CC(C)C[C@@H](CC(=O)O)CN(C=O)OC(C)OC(=O)CCCO[N+](=O)[O-]. The van der Waals surface area contributed by atoms with Gasteiger partial charge in [0.25, 0.3) is 5.09 Å². The Bertz CT molecular complexity index is 470. The predicted molar refractivity (Wildman–Crippen MR) is 86.8 cm³/mol. The van der Waals surface area contributed by atoms with Crippen LogP contribution in [0.25, 0.3) is 0 Å². The molecule has 0 aromatic rings. The van der Waals surface area contributed by atoms with Crippen molar-refractivity contribution in [3.63, 3.8) is 0 Å². The second-order valence-electron chi connectivity index (χ2n) is 6.12. The fourth-order valence-corrected chi connectivity index (χ4v) is 2.31. The molecule has 0 aromatic carbocycles. The number of rotatable bonds is 15. The third kappa shape index (κ3) is 12.9. The molecule has 2 atom stereocenters. The van der Waals surface area contributed by atoms with E-state index in [2.05, 4.69) is 4.84 Å². The van der Waals surface area contributed by atoms with Gasteiger partial charge in [-0.1, -0.05) is 13.8 Å². The monoisotopic (exact) mass is 378 g/mol. The Kier molecular flexibility index (Phi) is 11.7. The van der Waals surface area contributed by atoms with Crippen molar-refractivity contribution in [1.29, 1.82) is 0 Å². The predicted octanol–water partition coefficient (Wildman–Crippen LogP) is 1.39. The van der Waals surface area contributed by atoms with Crippen LogP contribution >= 0.6 is 0 Å². The minimum Gasteiger partial charge on any atom is -0.481 e. The minimum absolute atomic E-state index is 0.0482. The van der Waals surface area contributed by atoms with Gasteiger partial charge in [0, 0.05) is 19.8 Å². The number of amides is 1. The van der Waals surface area contributed by atoms with Gasteiger partial charge in [0.2, 0.25) is 12.7 Å². The molecule has 1 amide bonds. The summed E-state index contributed by atoms with van der Waals surface area (Å²) in [6, 6.07) is 0. The van der Waals surface area contributed by atoms with E-state index < -0.39 is 23.3 Å². The van der Waals surface area contributed by atoms with Crippen LogP contribution < -0.4 is 0 Å². The van der Waals surface area contributed by atoms with Crippen molar-refractivity contribution in [1.82, 2.24) is 5.06 Å². The summed E-state index contributed by atoms with van der Waals surface area (Å²) in [4.78, 5) is 52.9. The number of carboxylic acid groups (broad SMARTS) is 1. The second-order valence-corrected chi connectivity index (χ2v) is 6.12. The van der Waals surface area contributed by atoms with Crippen molar-refractivity contribution < 1.29 is 39.0 Å². The van der Waals surface area contributed by atoms with Crippen molar-refractivity contribution in [2.45, 2.75) is 52.7 Å². The van der Waals surface area contributed by atoms with Crippen LogP contribution in [0.2, 0.25) is 0 Å². The number of hydrogen-bond donors (Lipinski definition) is 1. The van der Waals surface area contributed by atoms with Crippen LogP contribution in [0, 0.1) is 22.0 Å². The molecule has 0 aromatic heterocycles. The average molecular weight is 378 g/mol. The van der Waals surface area contributed by atoms with E-state index >= 15 is 0 Å². The first-order chi connectivity index (χ1) is 12.1. The van der Waals surface area contributed by atoms with Gasteiger partial charge in [-0.05, 0) is 24.7 Å². The van der Waals surface area contributed by atoms with Crippen molar-refractivity contribution >= 4 is 18.3 Å². The summed E-state index contributed by atoms with van der Waals surface area (Å²) >= 11 is 0. The fourth-order valence-electron chi connectivity index (χ4n) is 2.31. The molecule has 0 heterocycles. The molecule has 0 aliphatic rings. The lowest BCUT2D eigenvalue weighted by molar-refractivity contribution is -0.757. The molecule has 0 aliphatic carbocycles. The molecule has 26 heavy (non-hydrogen) atoms. The Balaban J connectivity index is 4.36. The normalized spacial score (nSPS) is 12.9. The highest BCUT2D eigenvalue weighted by atomic mass is 16.9. The first-order valence-corrected chi connectivity index (χ1v) is 8.21. The van der Waals surface area contributed by atoms with Gasteiger partial charge < -0.3 is 14.7 Å². The molecule has 1 N–H and O–H groups in total. The van der Waals surface area contributed by atoms with Crippen LogP contribution in [0.15, 0.2) is 0 Å². The maximum absolute atomic E-state index is 11.6. The summed E-state index contributed by atoms with van der Waals surface area (Å²) in [5.41, 5.74) is 0. The zero-order valence-electron chi connectivity index (χ0n) is 15.2. The van der Waals surface area contributed by atoms with Crippen molar-refractivity contribution in [3.05, 3.63) is 10.1 Å². The quantitative estimate of drug-likeness (QED) is 0.111. The molecule has 0 rings (SSSR count). The lowest BCUT2D eigenvalue weighted by atomic mass is 9.94. The summed E-state index contributed by atoms with van der Waals surface area (Å²) in [6.07, 6.45) is -0.226. The number of aliphatic carboxylic acids is 1. The van der Waals surface area contributed by atoms with E-state index in [0.717, 1.165) is 5.06 Å². The number of carbonyl (C=O) groups is 3. The van der Waals surface area contributed by atoms with Gasteiger partial charge in [0.15, 0.2) is 0 Å². The Labute approximate surface area is 151 Å². The van der Waals surface area contributed by atoms with Gasteiger partial charge >= 0.3 is 11.9 Å². The minimum atomic E-state index is -1.08. The molecule has 0 saturated heterocycles. The van der Waals surface area contributed by atoms with Gasteiger partial charge in [0.1, 0.15) is 0 Å². The molecule has 0 fully saturated rings. The van der Waals surface area contributed by atoms with Crippen LogP contribution in [0.5, 0.6) is 0 Å². The number of hydrogen-bond acceptors (Lipinski definition) is 8. The van der Waals surface area contributed by atoms with Crippen LogP contribution in [0.3, 0.4) is 0 Å². The average Bonchev–Trinajstić information content (AvgIpc) is 2.49. The van der Waals surface area contributed by atoms with Gasteiger partial charge in [0.05, 0.1) is 13.2 Å². The molecular formula is C15H26N2O9. The molecular weight excluding hydrogens is 352 g/mol. The highest BCUT2D eigenvalue weighted by Crippen LogP contribution is 2.17. The maximum atomic E-state index is 11.6. The van der Waals surface area contributed by atoms with Crippen molar-refractivity contribution in [2.75, 3.05) is 13.2 Å². The van der Waals surface area contributed by atoms with E-state index in [1.54, 1.807) is 0 Å². The molecule has 0 spiro atoms. The summed E-state index contributed by atoms with van der Waals surface area (Å²) < 4.78 is 4.93. The number of ether oxygens (including phenoxy) is 1. The first-order valence-electron chi connectivity index (χ1n) is 8.21. The molecule has 11 heteroatoms. The lowest BCUT2D eigenvalue weighted by Crippen LogP contribution is -2.35. The number of carbonyl (C=O) groups excluding carboxylic acids is 2. The van der Waals surface area contributed by atoms with Crippen LogP contribution in [-0.4, -0.2) is 53.0 Å². The molecule has 0 radical (unpaired) electrons. The Morgan fingerprint density at radius 3 is 2.46 bits per heavy atom. The van der Waals surface area contributed by atoms with Crippen molar-refractivity contribution in [2.24, 2.45) is 11.8 Å². The van der Waals surface area contributed by atoms with E-state index in [9.17, 15) is 24.5 Å². The number of nitrogens with zero attached hydrogens (tertiary/aromatic N) is 2. The summed E-state index contributed by atoms with van der Waals surface area (Å²) in [6.45, 7) is 5.09. The van der Waals surface area contributed by atoms with E-state index in [-0.39, 0.29) is 44.2 Å². The third-order valence-corrected chi connectivity index (χ3v) is 3.13. The zero-order chi connectivity index (χ0) is 20.1. The third-order valence-electron chi connectivity index (χ3n) is 3.13. The van der Waals surface area contributed by atoms with Crippen molar-refractivity contribution in [3.8, 4) is 0 Å². The highest BCUT2D eigenvalue weighted by molar-refractivity contribution is 5.69. The van der Waals surface area contributed by atoms with E-state index in [1.165, 1.54) is 6.92 Å². The first kappa shape index (κ1) is 23.6. The molecule has 0 saturated carbocycles. The van der Waals surface area contributed by atoms with E-state index in [1.807, 2.05) is 13.8 Å². The smallest absolute Gasteiger partial charge is 0.308 e. The molecule has 0 aliphatic heterocycles. The summed E-state index contributed by atoms with van der Waals surface area (Å²) in [5.74, 6) is -1.71. The Hall–Kier alpha value is -2.43. The molecule has 11 nitrogen and oxygen atoms in total. The summed E-state index contributed by atoms with van der Waals surface area (Å²) in [7, 11) is 0. The second kappa shape index (κ2) is 12.9. The van der Waals surface area contributed by atoms with Crippen LogP contribution in [0.4, 0.5) is 0 Å². The Morgan fingerprint density at radius 2 is 1.96 bits per heavy atom. The summed E-state index contributed by atoms with van der Waals surface area (Å²) in [5, 5.41) is 18.9.